The third-order valence-corrected chi connectivity index (χ3v) is 2.06. The fraction of sp³-hybridized carbons (Fsp3) is 0.455. The molecule has 15 heavy (non-hydrogen) atoms. The summed E-state index contributed by atoms with van der Waals surface area (Å²) in [5.41, 5.74) is 6.73. The maximum atomic E-state index is 9.07. The lowest BCUT2D eigenvalue weighted by atomic mass is 10.1. The summed E-state index contributed by atoms with van der Waals surface area (Å²) in [6, 6.07) is 7.35. The van der Waals surface area contributed by atoms with Gasteiger partial charge in [-0.2, -0.15) is 0 Å². The predicted octanol–water partition coefficient (Wildman–Crippen LogP) is 0.438. The molecule has 0 radical (unpaired) electrons. The van der Waals surface area contributed by atoms with Gasteiger partial charge in [-0.05, 0) is 24.6 Å². The number of hydrogen-bond acceptors (Lipinski definition) is 4. The van der Waals surface area contributed by atoms with Crippen LogP contribution in [0.4, 0.5) is 0 Å². The molecule has 0 spiro atoms. The van der Waals surface area contributed by atoms with Gasteiger partial charge in [0, 0.05) is 6.04 Å². The highest BCUT2D eigenvalue weighted by Gasteiger charge is 2.03. The van der Waals surface area contributed by atoms with Crippen LogP contribution in [0.15, 0.2) is 24.3 Å². The first-order valence-corrected chi connectivity index (χ1v) is 4.90. The number of aliphatic hydroxyl groups is 2. The molecule has 0 amide bonds. The number of hydrogen-bond donors (Lipinski definition) is 3. The first-order chi connectivity index (χ1) is 7.13. The van der Waals surface area contributed by atoms with Crippen molar-refractivity contribution in [3.8, 4) is 5.75 Å². The molecule has 0 aromatic heterocycles. The van der Waals surface area contributed by atoms with Crippen molar-refractivity contribution in [3.63, 3.8) is 0 Å². The van der Waals surface area contributed by atoms with Gasteiger partial charge in [0.15, 0.2) is 0 Å². The summed E-state index contributed by atoms with van der Waals surface area (Å²) in [4.78, 5) is 0. The fourth-order valence-electron chi connectivity index (χ4n) is 1.11. The van der Waals surface area contributed by atoms with Gasteiger partial charge in [-0.15, -0.1) is 0 Å². The minimum Gasteiger partial charge on any atom is -0.491 e. The van der Waals surface area contributed by atoms with Gasteiger partial charge in [0.2, 0.25) is 0 Å². The normalized spacial score (nSPS) is 14.7. The molecule has 0 aliphatic carbocycles. The molecule has 1 unspecified atom stereocenters. The molecule has 0 fully saturated rings. The lowest BCUT2D eigenvalue weighted by molar-refractivity contribution is 0.0536. The smallest absolute Gasteiger partial charge is 0.119 e. The number of benzene rings is 1. The zero-order valence-electron chi connectivity index (χ0n) is 8.76. The second-order valence-electron chi connectivity index (χ2n) is 3.51. The fourth-order valence-corrected chi connectivity index (χ4v) is 1.11. The van der Waals surface area contributed by atoms with Crippen molar-refractivity contribution in [1.82, 2.24) is 0 Å². The Balaban J connectivity index is 2.50. The zero-order chi connectivity index (χ0) is 11.3. The first-order valence-electron chi connectivity index (χ1n) is 4.90. The molecule has 4 N–H and O–H groups in total. The Bertz CT molecular complexity index is 284. The summed E-state index contributed by atoms with van der Waals surface area (Å²) in [5, 5.41) is 17.7. The molecule has 0 aliphatic rings. The Morgan fingerprint density at radius 2 is 1.93 bits per heavy atom. The maximum Gasteiger partial charge on any atom is 0.119 e. The van der Waals surface area contributed by atoms with Gasteiger partial charge >= 0.3 is 0 Å². The Morgan fingerprint density at radius 3 is 2.40 bits per heavy atom. The van der Waals surface area contributed by atoms with Gasteiger partial charge < -0.3 is 20.7 Å². The lowest BCUT2D eigenvalue weighted by Gasteiger charge is -2.11. The van der Waals surface area contributed by atoms with Crippen LogP contribution in [-0.4, -0.2) is 29.5 Å². The van der Waals surface area contributed by atoms with Crippen molar-refractivity contribution in [2.45, 2.75) is 19.1 Å². The van der Waals surface area contributed by atoms with Crippen molar-refractivity contribution in [3.05, 3.63) is 29.8 Å². The summed E-state index contributed by atoms with van der Waals surface area (Å²) in [6.07, 6.45) is -0.835. The van der Waals surface area contributed by atoms with E-state index >= 15 is 0 Å². The van der Waals surface area contributed by atoms with E-state index in [1.165, 1.54) is 0 Å². The summed E-state index contributed by atoms with van der Waals surface area (Å²) >= 11 is 0. The molecule has 0 saturated carbocycles. The van der Waals surface area contributed by atoms with Crippen LogP contribution in [0.1, 0.15) is 18.5 Å². The topological polar surface area (TPSA) is 75.7 Å². The molecular formula is C11H17NO3. The largest absolute Gasteiger partial charge is 0.491 e. The van der Waals surface area contributed by atoms with Crippen LogP contribution >= 0.6 is 0 Å². The third-order valence-electron chi connectivity index (χ3n) is 2.06. The van der Waals surface area contributed by atoms with E-state index in [2.05, 4.69) is 0 Å². The van der Waals surface area contributed by atoms with Crippen LogP contribution in [0.2, 0.25) is 0 Å². The number of ether oxygens (including phenoxy) is 1. The highest BCUT2D eigenvalue weighted by molar-refractivity contribution is 5.28. The van der Waals surface area contributed by atoms with Crippen molar-refractivity contribution >= 4 is 0 Å². The van der Waals surface area contributed by atoms with E-state index in [-0.39, 0.29) is 19.3 Å². The third kappa shape index (κ3) is 3.87. The standard InChI is InChI=1S/C11H17NO3/c1-8(12)9-2-4-11(5-3-9)15-7-10(14)6-13/h2-5,8,10,13-14H,6-7,12H2,1H3/t8-,10?/m1/s1. The SMILES string of the molecule is C[C@@H](N)c1ccc(OCC(O)CO)cc1. The van der Waals surface area contributed by atoms with E-state index in [1.807, 2.05) is 19.1 Å². The minimum atomic E-state index is -0.835. The van der Waals surface area contributed by atoms with Crippen molar-refractivity contribution in [1.29, 1.82) is 0 Å². The molecule has 4 heteroatoms. The van der Waals surface area contributed by atoms with Crippen LogP contribution in [0.3, 0.4) is 0 Å². The van der Waals surface area contributed by atoms with Gasteiger partial charge in [0.1, 0.15) is 18.5 Å². The molecule has 4 nitrogen and oxygen atoms in total. The van der Waals surface area contributed by atoms with E-state index in [0.29, 0.717) is 5.75 Å². The van der Waals surface area contributed by atoms with Crippen LogP contribution in [0.25, 0.3) is 0 Å². The average Bonchev–Trinajstić information content (AvgIpc) is 2.26. The average molecular weight is 211 g/mol. The summed E-state index contributed by atoms with van der Waals surface area (Å²) in [7, 11) is 0. The highest BCUT2D eigenvalue weighted by atomic mass is 16.5. The first kappa shape index (κ1) is 12.0. The summed E-state index contributed by atoms with van der Waals surface area (Å²) in [6.45, 7) is 1.71. The number of aliphatic hydroxyl groups excluding tert-OH is 2. The van der Waals surface area contributed by atoms with E-state index in [9.17, 15) is 0 Å². The van der Waals surface area contributed by atoms with E-state index in [0.717, 1.165) is 5.56 Å². The Kier molecular flexibility index (Phi) is 4.55. The monoisotopic (exact) mass is 211 g/mol. The summed E-state index contributed by atoms with van der Waals surface area (Å²) < 4.78 is 5.24. The molecule has 1 rings (SSSR count). The summed E-state index contributed by atoms with van der Waals surface area (Å²) in [5.74, 6) is 0.659. The lowest BCUT2D eigenvalue weighted by Crippen LogP contribution is -2.21. The Labute approximate surface area is 89.3 Å². The molecule has 0 heterocycles. The second kappa shape index (κ2) is 5.70. The molecule has 0 saturated heterocycles. The molecule has 1 aromatic carbocycles. The highest BCUT2D eigenvalue weighted by Crippen LogP contribution is 2.16. The van der Waals surface area contributed by atoms with Crippen LogP contribution in [0, 0.1) is 0 Å². The molecule has 0 bridgehead atoms. The molecule has 1 aromatic rings. The van der Waals surface area contributed by atoms with E-state index < -0.39 is 6.10 Å². The quantitative estimate of drug-likeness (QED) is 0.660. The van der Waals surface area contributed by atoms with Crippen LogP contribution in [-0.2, 0) is 0 Å². The Morgan fingerprint density at radius 1 is 1.33 bits per heavy atom. The van der Waals surface area contributed by atoms with Gasteiger partial charge in [-0.3, -0.25) is 0 Å². The van der Waals surface area contributed by atoms with Gasteiger partial charge in [-0.25, -0.2) is 0 Å². The van der Waals surface area contributed by atoms with Crippen LogP contribution < -0.4 is 10.5 Å². The number of nitrogens with two attached hydrogens (primary N) is 1. The van der Waals surface area contributed by atoms with E-state index in [1.54, 1.807) is 12.1 Å². The zero-order valence-corrected chi connectivity index (χ0v) is 8.76. The van der Waals surface area contributed by atoms with Gasteiger partial charge in [0.25, 0.3) is 0 Å². The number of rotatable bonds is 5. The Hall–Kier alpha value is -1.10. The van der Waals surface area contributed by atoms with Crippen molar-refractivity contribution < 1.29 is 14.9 Å². The van der Waals surface area contributed by atoms with E-state index in [4.69, 9.17) is 20.7 Å². The maximum absolute atomic E-state index is 9.07. The minimum absolute atomic E-state index is 0.00193. The van der Waals surface area contributed by atoms with Crippen molar-refractivity contribution in [2.24, 2.45) is 5.73 Å². The predicted molar refractivity (Wildman–Crippen MR) is 57.6 cm³/mol. The molecule has 84 valence electrons. The molecular weight excluding hydrogens is 194 g/mol. The molecule has 0 aliphatic heterocycles. The molecule has 2 atom stereocenters. The van der Waals surface area contributed by atoms with Gasteiger partial charge in [0.05, 0.1) is 6.61 Å². The van der Waals surface area contributed by atoms with Gasteiger partial charge in [-0.1, -0.05) is 12.1 Å². The van der Waals surface area contributed by atoms with Crippen molar-refractivity contribution in [2.75, 3.05) is 13.2 Å². The van der Waals surface area contributed by atoms with Crippen LogP contribution in [0.5, 0.6) is 5.75 Å². The second-order valence-corrected chi connectivity index (χ2v) is 3.51.